The highest BCUT2D eigenvalue weighted by Crippen LogP contribution is 2.23. The Kier molecular flexibility index (Phi) is 5.17. The van der Waals surface area contributed by atoms with Crippen LogP contribution in [0, 0.1) is 23.2 Å². The van der Waals surface area contributed by atoms with Gasteiger partial charge in [-0.15, -0.1) is 0 Å². The highest BCUT2D eigenvalue weighted by molar-refractivity contribution is 5.80. The van der Waals surface area contributed by atoms with Crippen LogP contribution in [0.3, 0.4) is 0 Å². The molecule has 84 valence electrons. The van der Waals surface area contributed by atoms with Crippen LogP contribution in [0.25, 0.3) is 0 Å². The predicted molar refractivity (Wildman–Crippen MR) is 59.0 cm³/mol. The van der Waals surface area contributed by atoms with Gasteiger partial charge in [0.2, 0.25) is 5.91 Å². The van der Waals surface area contributed by atoms with Crippen LogP contribution < -0.4 is 5.32 Å². The monoisotopic (exact) mass is 208 g/mol. The first kappa shape index (κ1) is 12.0. The molecule has 1 atom stereocenters. The molecule has 1 saturated carbocycles. The molecule has 1 amide bonds. The fourth-order valence-corrected chi connectivity index (χ4v) is 2.13. The Balaban J connectivity index is 2.24. The molecule has 1 N–H and O–H groups in total. The summed E-state index contributed by atoms with van der Waals surface area (Å²) in [6, 6.07) is 2.07. The molecule has 1 aliphatic rings. The van der Waals surface area contributed by atoms with Crippen molar-refractivity contribution in [1.29, 1.82) is 5.26 Å². The quantitative estimate of drug-likeness (QED) is 0.753. The van der Waals surface area contributed by atoms with Crippen molar-refractivity contribution in [3.05, 3.63) is 0 Å². The molecule has 0 aromatic rings. The molecular formula is C12H20N2O. The Hall–Kier alpha value is -1.04. The zero-order chi connectivity index (χ0) is 11.1. The van der Waals surface area contributed by atoms with Gasteiger partial charge in [-0.1, -0.05) is 26.2 Å². The minimum atomic E-state index is -0.448. The second-order valence-electron chi connectivity index (χ2n) is 4.37. The molecule has 1 aliphatic carbocycles. The van der Waals surface area contributed by atoms with Gasteiger partial charge >= 0.3 is 0 Å². The molecule has 15 heavy (non-hydrogen) atoms. The lowest BCUT2D eigenvalue weighted by Gasteiger charge is -2.12. The first-order chi connectivity index (χ1) is 7.27. The number of hydrogen-bond donors (Lipinski definition) is 1. The zero-order valence-corrected chi connectivity index (χ0v) is 9.46. The van der Waals surface area contributed by atoms with E-state index in [1.54, 1.807) is 0 Å². The fourth-order valence-electron chi connectivity index (χ4n) is 2.13. The lowest BCUT2D eigenvalue weighted by molar-refractivity contribution is -0.123. The summed E-state index contributed by atoms with van der Waals surface area (Å²) in [7, 11) is 0. The molecular weight excluding hydrogens is 188 g/mol. The minimum absolute atomic E-state index is 0.0775. The molecule has 0 aliphatic heterocycles. The van der Waals surface area contributed by atoms with Crippen molar-refractivity contribution in [2.45, 2.75) is 45.4 Å². The molecule has 3 nitrogen and oxygen atoms in total. The van der Waals surface area contributed by atoms with Gasteiger partial charge in [0.25, 0.3) is 0 Å². The van der Waals surface area contributed by atoms with E-state index >= 15 is 0 Å². The third-order valence-corrected chi connectivity index (χ3v) is 3.09. The van der Waals surface area contributed by atoms with E-state index in [-0.39, 0.29) is 5.91 Å². The second kappa shape index (κ2) is 6.44. The maximum absolute atomic E-state index is 11.6. The standard InChI is InChI=1S/C12H20N2O/c1-2-5-11(8-13)12(15)14-9-10-6-3-4-7-10/h10-11H,2-7,9H2,1H3,(H,14,15). The second-order valence-corrected chi connectivity index (χ2v) is 4.37. The SMILES string of the molecule is CCCC(C#N)C(=O)NCC1CCCC1. The van der Waals surface area contributed by atoms with E-state index in [4.69, 9.17) is 5.26 Å². The fraction of sp³-hybridized carbons (Fsp3) is 0.833. The van der Waals surface area contributed by atoms with E-state index in [1.165, 1.54) is 25.7 Å². The van der Waals surface area contributed by atoms with E-state index in [0.29, 0.717) is 12.3 Å². The summed E-state index contributed by atoms with van der Waals surface area (Å²) in [6.45, 7) is 2.76. The van der Waals surface area contributed by atoms with E-state index in [1.807, 2.05) is 6.92 Å². The van der Waals surface area contributed by atoms with Gasteiger partial charge in [-0.05, 0) is 25.2 Å². The number of carbonyl (C=O) groups excluding carboxylic acids is 1. The first-order valence-corrected chi connectivity index (χ1v) is 5.95. The van der Waals surface area contributed by atoms with Gasteiger partial charge in [0.05, 0.1) is 6.07 Å². The van der Waals surface area contributed by atoms with Crippen molar-refractivity contribution in [2.24, 2.45) is 11.8 Å². The number of nitrogens with zero attached hydrogens (tertiary/aromatic N) is 1. The van der Waals surface area contributed by atoms with Crippen molar-refractivity contribution in [3.8, 4) is 6.07 Å². The Bertz CT molecular complexity index is 238. The molecule has 0 saturated heterocycles. The van der Waals surface area contributed by atoms with Crippen molar-refractivity contribution >= 4 is 5.91 Å². The number of hydrogen-bond acceptors (Lipinski definition) is 2. The third kappa shape index (κ3) is 3.91. The number of carbonyl (C=O) groups is 1. The van der Waals surface area contributed by atoms with Gasteiger partial charge in [0.1, 0.15) is 5.92 Å². The summed E-state index contributed by atoms with van der Waals surface area (Å²) in [6.07, 6.45) is 6.59. The first-order valence-electron chi connectivity index (χ1n) is 5.95. The minimum Gasteiger partial charge on any atom is -0.355 e. The van der Waals surface area contributed by atoms with E-state index in [0.717, 1.165) is 13.0 Å². The van der Waals surface area contributed by atoms with Crippen LogP contribution in [-0.2, 0) is 4.79 Å². The van der Waals surface area contributed by atoms with Crippen LogP contribution in [0.15, 0.2) is 0 Å². The summed E-state index contributed by atoms with van der Waals surface area (Å²) < 4.78 is 0. The Morgan fingerprint density at radius 3 is 2.73 bits per heavy atom. The molecule has 0 radical (unpaired) electrons. The number of nitrogens with one attached hydrogen (secondary N) is 1. The van der Waals surface area contributed by atoms with Gasteiger partial charge in [0.15, 0.2) is 0 Å². The lowest BCUT2D eigenvalue weighted by atomic mass is 10.0. The van der Waals surface area contributed by atoms with E-state index in [9.17, 15) is 4.79 Å². The molecule has 1 fully saturated rings. The van der Waals surface area contributed by atoms with E-state index < -0.39 is 5.92 Å². The molecule has 0 spiro atoms. The third-order valence-electron chi connectivity index (χ3n) is 3.09. The van der Waals surface area contributed by atoms with Crippen molar-refractivity contribution in [3.63, 3.8) is 0 Å². The van der Waals surface area contributed by atoms with Gasteiger partial charge in [-0.2, -0.15) is 5.26 Å². The number of amides is 1. The molecule has 1 unspecified atom stereocenters. The van der Waals surface area contributed by atoms with Gasteiger partial charge in [0, 0.05) is 6.54 Å². The average molecular weight is 208 g/mol. The normalized spacial score (nSPS) is 18.4. The Morgan fingerprint density at radius 2 is 2.20 bits per heavy atom. The number of nitriles is 1. The summed E-state index contributed by atoms with van der Waals surface area (Å²) in [5, 5.41) is 11.7. The van der Waals surface area contributed by atoms with Gasteiger partial charge in [-0.25, -0.2) is 0 Å². The maximum Gasteiger partial charge on any atom is 0.237 e. The van der Waals surface area contributed by atoms with Crippen LogP contribution >= 0.6 is 0 Å². The van der Waals surface area contributed by atoms with E-state index in [2.05, 4.69) is 11.4 Å². The Labute approximate surface area is 91.9 Å². The lowest BCUT2D eigenvalue weighted by Crippen LogP contribution is -2.33. The molecule has 0 heterocycles. The summed E-state index contributed by atoms with van der Waals surface area (Å²) in [5.41, 5.74) is 0. The number of rotatable bonds is 5. The smallest absolute Gasteiger partial charge is 0.237 e. The molecule has 0 aromatic carbocycles. The highest BCUT2D eigenvalue weighted by atomic mass is 16.1. The highest BCUT2D eigenvalue weighted by Gasteiger charge is 2.19. The van der Waals surface area contributed by atoms with Crippen LogP contribution in [-0.4, -0.2) is 12.5 Å². The summed E-state index contributed by atoms with van der Waals surface area (Å²) in [5.74, 6) is 0.123. The van der Waals surface area contributed by atoms with Gasteiger partial charge < -0.3 is 5.32 Å². The Morgan fingerprint density at radius 1 is 1.53 bits per heavy atom. The topological polar surface area (TPSA) is 52.9 Å². The summed E-state index contributed by atoms with van der Waals surface area (Å²) >= 11 is 0. The molecule has 0 bridgehead atoms. The van der Waals surface area contributed by atoms with Gasteiger partial charge in [-0.3, -0.25) is 4.79 Å². The van der Waals surface area contributed by atoms with Crippen LogP contribution in [0.4, 0.5) is 0 Å². The molecule has 0 aromatic heterocycles. The summed E-state index contributed by atoms with van der Waals surface area (Å²) in [4.78, 5) is 11.6. The van der Waals surface area contributed by atoms with Crippen molar-refractivity contribution in [1.82, 2.24) is 5.32 Å². The molecule has 1 rings (SSSR count). The largest absolute Gasteiger partial charge is 0.355 e. The predicted octanol–water partition coefficient (Wildman–Crippen LogP) is 2.23. The van der Waals surface area contributed by atoms with Crippen molar-refractivity contribution < 1.29 is 4.79 Å². The van der Waals surface area contributed by atoms with Crippen LogP contribution in [0.2, 0.25) is 0 Å². The van der Waals surface area contributed by atoms with Crippen molar-refractivity contribution in [2.75, 3.05) is 6.54 Å². The van der Waals surface area contributed by atoms with Crippen LogP contribution in [0.1, 0.15) is 45.4 Å². The van der Waals surface area contributed by atoms with Crippen LogP contribution in [0.5, 0.6) is 0 Å². The molecule has 3 heteroatoms. The average Bonchev–Trinajstić information content (AvgIpc) is 2.75. The zero-order valence-electron chi connectivity index (χ0n) is 9.46. The maximum atomic E-state index is 11.6.